The number of fused-ring (bicyclic) bond motifs is 1. The average molecular weight is 445 g/mol. The van der Waals surface area contributed by atoms with Crippen molar-refractivity contribution in [3.8, 4) is 0 Å². The maximum Gasteiger partial charge on any atom is 0.242 e. The molecule has 2 saturated heterocycles. The fourth-order valence-electron chi connectivity index (χ4n) is 5.14. The fourth-order valence-corrected chi connectivity index (χ4v) is 5.14. The number of benzene rings is 2. The Labute approximate surface area is 195 Å². The molecule has 1 unspecified atom stereocenters. The number of carbonyl (C=O) groups is 2. The predicted molar refractivity (Wildman–Crippen MR) is 129 cm³/mol. The number of rotatable bonds is 6. The second-order valence-corrected chi connectivity index (χ2v) is 9.58. The van der Waals surface area contributed by atoms with Gasteiger partial charge in [-0.3, -0.25) is 9.59 Å². The van der Waals surface area contributed by atoms with Crippen LogP contribution in [0.4, 0.5) is 0 Å². The smallest absolute Gasteiger partial charge is 0.242 e. The highest BCUT2D eigenvalue weighted by Crippen LogP contribution is 2.31. The summed E-state index contributed by atoms with van der Waals surface area (Å²) in [6.07, 6.45) is 3.43. The topological polar surface area (TPSA) is 58.4 Å². The number of carbonyl (C=O) groups excluding carboxylic acids is 2. The van der Waals surface area contributed by atoms with E-state index in [1.54, 1.807) is 0 Å². The number of imidazole rings is 1. The molecule has 6 nitrogen and oxygen atoms in total. The molecule has 2 aliphatic rings. The second-order valence-electron chi connectivity index (χ2n) is 9.58. The molecule has 0 radical (unpaired) electrons. The molecular weight excluding hydrogens is 412 g/mol. The van der Waals surface area contributed by atoms with Crippen molar-refractivity contribution in [3.05, 3.63) is 66.0 Å². The SMILES string of the molecule is CC1CCN(C(=O)Cn2c(C3CC(=O)N(CCc4ccccc4)C3)nc3ccccc32)CC1. The molecule has 0 aliphatic carbocycles. The lowest BCUT2D eigenvalue weighted by Gasteiger charge is -2.30. The first kappa shape index (κ1) is 21.7. The minimum Gasteiger partial charge on any atom is -0.342 e. The van der Waals surface area contributed by atoms with Gasteiger partial charge in [0.15, 0.2) is 0 Å². The van der Waals surface area contributed by atoms with Gasteiger partial charge in [0.25, 0.3) is 0 Å². The molecule has 2 fully saturated rings. The van der Waals surface area contributed by atoms with Crippen LogP contribution in [0.15, 0.2) is 54.6 Å². The number of nitrogens with zero attached hydrogens (tertiary/aromatic N) is 4. The number of para-hydroxylation sites is 2. The number of hydrogen-bond acceptors (Lipinski definition) is 3. The Kier molecular flexibility index (Phi) is 6.16. The van der Waals surface area contributed by atoms with Crippen LogP contribution in [0.3, 0.4) is 0 Å². The van der Waals surface area contributed by atoms with Crippen molar-refractivity contribution >= 4 is 22.8 Å². The minimum absolute atomic E-state index is 0.00912. The molecule has 33 heavy (non-hydrogen) atoms. The van der Waals surface area contributed by atoms with Crippen molar-refractivity contribution in [2.75, 3.05) is 26.2 Å². The van der Waals surface area contributed by atoms with Crippen LogP contribution >= 0.6 is 0 Å². The van der Waals surface area contributed by atoms with Gasteiger partial charge in [0.05, 0.1) is 11.0 Å². The monoisotopic (exact) mass is 444 g/mol. The van der Waals surface area contributed by atoms with E-state index in [-0.39, 0.29) is 17.7 Å². The number of hydrogen-bond donors (Lipinski definition) is 0. The van der Waals surface area contributed by atoms with Crippen molar-refractivity contribution in [2.24, 2.45) is 5.92 Å². The van der Waals surface area contributed by atoms with Gasteiger partial charge in [-0.2, -0.15) is 0 Å². The first-order valence-corrected chi connectivity index (χ1v) is 12.1. The van der Waals surface area contributed by atoms with Crippen LogP contribution in [0.1, 0.15) is 43.5 Å². The van der Waals surface area contributed by atoms with Crippen molar-refractivity contribution in [2.45, 2.75) is 45.1 Å². The third-order valence-corrected chi connectivity index (χ3v) is 7.21. The van der Waals surface area contributed by atoms with Crippen molar-refractivity contribution in [1.29, 1.82) is 0 Å². The quantitative estimate of drug-likeness (QED) is 0.580. The lowest BCUT2D eigenvalue weighted by molar-refractivity contribution is -0.133. The second kappa shape index (κ2) is 9.38. The minimum atomic E-state index is 0.00912. The van der Waals surface area contributed by atoms with Crippen LogP contribution in [0.2, 0.25) is 0 Å². The van der Waals surface area contributed by atoms with E-state index in [2.05, 4.69) is 23.6 Å². The van der Waals surface area contributed by atoms with Gasteiger partial charge in [-0.1, -0.05) is 49.4 Å². The highest BCUT2D eigenvalue weighted by atomic mass is 16.2. The van der Waals surface area contributed by atoms with Crippen LogP contribution in [0, 0.1) is 5.92 Å². The van der Waals surface area contributed by atoms with Gasteiger partial charge in [-0.25, -0.2) is 4.98 Å². The molecule has 0 saturated carbocycles. The Morgan fingerprint density at radius 1 is 1.03 bits per heavy atom. The lowest BCUT2D eigenvalue weighted by atomic mass is 9.99. The molecule has 0 spiro atoms. The molecule has 2 aliphatic heterocycles. The number of amides is 2. The number of aromatic nitrogens is 2. The molecular formula is C27H32N4O2. The summed E-state index contributed by atoms with van der Waals surface area (Å²) < 4.78 is 2.06. The summed E-state index contributed by atoms with van der Waals surface area (Å²) in [6.45, 7) is 5.58. The Hall–Kier alpha value is -3.15. The van der Waals surface area contributed by atoms with Gasteiger partial charge in [0.2, 0.25) is 11.8 Å². The van der Waals surface area contributed by atoms with Crippen LogP contribution in [0.25, 0.3) is 11.0 Å². The first-order valence-electron chi connectivity index (χ1n) is 12.1. The lowest BCUT2D eigenvalue weighted by Crippen LogP contribution is -2.40. The summed E-state index contributed by atoms with van der Waals surface area (Å²) in [5.41, 5.74) is 3.10. The summed E-state index contributed by atoms with van der Waals surface area (Å²) in [7, 11) is 0. The van der Waals surface area contributed by atoms with Crippen molar-refractivity contribution in [3.63, 3.8) is 0 Å². The molecule has 3 heterocycles. The first-order chi connectivity index (χ1) is 16.1. The Balaban J connectivity index is 1.34. The molecule has 5 rings (SSSR count). The van der Waals surface area contributed by atoms with Gasteiger partial charge in [-0.15, -0.1) is 0 Å². The Morgan fingerprint density at radius 2 is 1.76 bits per heavy atom. The molecule has 1 aromatic heterocycles. The van der Waals surface area contributed by atoms with Crippen molar-refractivity contribution in [1.82, 2.24) is 19.4 Å². The summed E-state index contributed by atoms with van der Waals surface area (Å²) in [4.78, 5) is 34.8. The third-order valence-electron chi connectivity index (χ3n) is 7.21. The maximum atomic E-state index is 13.2. The summed E-state index contributed by atoms with van der Waals surface area (Å²) in [5.74, 6) is 1.88. The zero-order chi connectivity index (χ0) is 22.8. The van der Waals surface area contributed by atoms with E-state index in [0.717, 1.165) is 49.2 Å². The highest BCUT2D eigenvalue weighted by molar-refractivity contribution is 5.83. The van der Waals surface area contributed by atoms with Gasteiger partial charge >= 0.3 is 0 Å². The van der Waals surface area contributed by atoms with E-state index in [0.29, 0.717) is 32.0 Å². The Morgan fingerprint density at radius 3 is 2.55 bits per heavy atom. The zero-order valence-electron chi connectivity index (χ0n) is 19.3. The fraction of sp³-hybridized carbons (Fsp3) is 0.444. The van der Waals surface area contributed by atoms with Crippen molar-refractivity contribution < 1.29 is 9.59 Å². The average Bonchev–Trinajstić information content (AvgIpc) is 3.39. The number of likely N-dealkylation sites (tertiary alicyclic amines) is 2. The van der Waals surface area contributed by atoms with E-state index >= 15 is 0 Å². The van der Waals surface area contributed by atoms with E-state index in [1.807, 2.05) is 52.3 Å². The van der Waals surface area contributed by atoms with E-state index < -0.39 is 0 Å². The molecule has 0 bridgehead atoms. The molecule has 172 valence electrons. The normalized spacial score (nSPS) is 19.5. The van der Waals surface area contributed by atoms with E-state index in [1.165, 1.54) is 5.56 Å². The third kappa shape index (κ3) is 4.65. The Bertz CT molecular complexity index is 1130. The van der Waals surface area contributed by atoms with Crippen LogP contribution in [-0.2, 0) is 22.6 Å². The molecule has 6 heteroatoms. The number of piperidine rings is 1. The summed E-state index contributed by atoms with van der Waals surface area (Å²) >= 11 is 0. The summed E-state index contributed by atoms with van der Waals surface area (Å²) in [5, 5.41) is 0. The zero-order valence-corrected chi connectivity index (χ0v) is 19.3. The van der Waals surface area contributed by atoms with E-state index in [9.17, 15) is 9.59 Å². The maximum absolute atomic E-state index is 13.2. The summed E-state index contributed by atoms with van der Waals surface area (Å²) in [6, 6.07) is 18.3. The van der Waals surface area contributed by atoms with Crippen LogP contribution in [-0.4, -0.2) is 57.3 Å². The van der Waals surface area contributed by atoms with Crippen LogP contribution in [0.5, 0.6) is 0 Å². The molecule has 2 aromatic carbocycles. The van der Waals surface area contributed by atoms with Gasteiger partial charge in [-0.05, 0) is 42.9 Å². The highest BCUT2D eigenvalue weighted by Gasteiger charge is 2.34. The van der Waals surface area contributed by atoms with Gasteiger partial charge < -0.3 is 14.4 Å². The van der Waals surface area contributed by atoms with Gasteiger partial charge in [0.1, 0.15) is 12.4 Å². The molecule has 2 amide bonds. The molecule has 1 atom stereocenters. The van der Waals surface area contributed by atoms with E-state index in [4.69, 9.17) is 4.98 Å². The van der Waals surface area contributed by atoms with Crippen LogP contribution < -0.4 is 0 Å². The standard InChI is InChI=1S/C27H32N4O2/c1-20-11-14-29(15-12-20)26(33)19-31-24-10-6-5-9-23(24)28-27(31)22-17-25(32)30(18-22)16-13-21-7-3-2-4-8-21/h2-10,20,22H,11-19H2,1H3. The van der Waals surface area contributed by atoms with Gasteiger partial charge in [0, 0.05) is 38.5 Å². The molecule has 3 aromatic rings. The molecule has 0 N–H and O–H groups in total. The predicted octanol–water partition coefficient (Wildman–Crippen LogP) is 3.85. The largest absolute Gasteiger partial charge is 0.342 e.